The Morgan fingerprint density at radius 3 is 2.52 bits per heavy atom. The van der Waals surface area contributed by atoms with Gasteiger partial charge in [0.15, 0.2) is 0 Å². The zero-order valence-corrected chi connectivity index (χ0v) is 13.2. The number of thiophene rings is 1. The predicted molar refractivity (Wildman–Crippen MR) is 86.6 cm³/mol. The molecule has 3 aromatic rings. The largest absolute Gasteiger partial charge is 0.265 e. The van der Waals surface area contributed by atoms with Crippen LogP contribution in [0.5, 0.6) is 0 Å². The minimum Gasteiger partial charge on any atom is -0.260 e. The van der Waals surface area contributed by atoms with Gasteiger partial charge in [-0.2, -0.15) is 0 Å². The van der Waals surface area contributed by atoms with Gasteiger partial charge in [-0.1, -0.05) is 35.9 Å². The predicted octanol–water partition coefficient (Wildman–Crippen LogP) is 4.26. The Labute approximate surface area is 131 Å². The van der Waals surface area contributed by atoms with Gasteiger partial charge in [-0.25, -0.2) is 8.42 Å². The number of sulfonamides is 1. The summed E-state index contributed by atoms with van der Waals surface area (Å²) in [6.45, 7) is 0.313. The smallest absolute Gasteiger partial charge is 0.260 e. The molecule has 0 fully saturated rings. The van der Waals surface area contributed by atoms with Gasteiger partial charge in [0.2, 0.25) is 0 Å². The lowest BCUT2D eigenvalue weighted by Gasteiger charge is -2.17. The maximum atomic E-state index is 12.8. The van der Waals surface area contributed by atoms with Crippen molar-refractivity contribution in [2.75, 3.05) is 4.31 Å². The van der Waals surface area contributed by atoms with Crippen molar-refractivity contribution in [3.63, 3.8) is 0 Å². The summed E-state index contributed by atoms with van der Waals surface area (Å²) in [4.78, 5) is 1.31. The van der Waals surface area contributed by atoms with E-state index in [2.05, 4.69) is 0 Å². The molecule has 0 aliphatic carbocycles. The highest BCUT2D eigenvalue weighted by atomic mass is 35.5. The monoisotopic (exact) mass is 335 g/mol. The van der Waals surface area contributed by atoms with Crippen LogP contribution < -0.4 is 4.31 Å². The van der Waals surface area contributed by atoms with E-state index in [9.17, 15) is 8.42 Å². The van der Waals surface area contributed by atoms with Crippen molar-refractivity contribution < 1.29 is 8.42 Å². The topological polar surface area (TPSA) is 37.4 Å². The van der Waals surface area contributed by atoms with E-state index in [1.54, 1.807) is 18.2 Å². The fraction of sp³-hybridized carbons (Fsp3) is 0.0667. The summed E-state index contributed by atoms with van der Waals surface area (Å²) < 4.78 is 27.7. The zero-order chi connectivity index (χ0) is 14.6. The van der Waals surface area contributed by atoms with Gasteiger partial charge in [0.1, 0.15) is 0 Å². The Kier molecular flexibility index (Phi) is 2.79. The molecule has 0 saturated carbocycles. The second kappa shape index (κ2) is 4.47. The molecule has 2 aromatic carbocycles. The van der Waals surface area contributed by atoms with Gasteiger partial charge in [0.05, 0.1) is 21.5 Å². The van der Waals surface area contributed by atoms with E-state index in [4.69, 9.17) is 11.6 Å². The van der Waals surface area contributed by atoms with Crippen LogP contribution in [0.25, 0.3) is 10.8 Å². The molecule has 6 heteroatoms. The van der Waals surface area contributed by atoms with Crippen molar-refractivity contribution in [1.29, 1.82) is 0 Å². The first-order chi connectivity index (χ1) is 10.1. The molecule has 106 valence electrons. The molecule has 1 aromatic heterocycles. The third kappa shape index (κ3) is 1.88. The van der Waals surface area contributed by atoms with Crippen LogP contribution in [0.3, 0.4) is 0 Å². The van der Waals surface area contributed by atoms with Gasteiger partial charge in [0.25, 0.3) is 10.0 Å². The van der Waals surface area contributed by atoms with Crippen molar-refractivity contribution in [3.05, 3.63) is 57.7 Å². The highest BCUT2D eigenvalue weighted by Gasteiger charge is 2.35. The summed E-state index contributed by atoms with van der Waals surface area (Å²) in [7, 11) is -3.49. The molecule has 0 saturated heterocycles. The van der Waals surface area contributed by atoms with Crippen molar-refractivity contribution in [2.45, 2.75) is 11.4 Å². The lowest BCUT2D eigenvalue weighted by atomic mass is 10.1. The Bertz CT molecular complexity index is 957. The molecule has 0 amide bonds. The Hall–Kier alpha value is -1.56. The SMILES string of the molecule is O=S1(=O)c2cccc3cccc(c23)N1Cc1ccc(Cl)s1. The Morgan fingerprint density at radius 1 is 1.05 bits per heavy atom. The van der Waals surface area contributed by atoms with Crippen molar-refractivity contribution in [3.8, 4) is 0 Å². The molecule has 3 nitrogen and oxygen atoms in total. The first kappa shape index (κ1) is 13.1. The minimum atomic E-state index is -3.49. The number of rotatable bonds is 2. The van der Waals surface area contributed by atoms with Crippen molar-refractivity contribution in [1.82, 2.24) is 0 Å². The van der Waals surface area contributed by atoms with E-state index in [-0.39, 0.29) is 0 Å². The van der Waals surface area contributed by atoms with Crippen LogP contribution in [0.2, 0.25) is 4.34 Å². The lowest BCUT2D eigenvalue weighted by Crippen LogP contribution is -2.26. The standard InChI is InChI=1S/C15H10ClNO2S2/c16-14-8-7-11(20-14)9-17-12-5-1-3-10-4-2-6-13(15(10)12)21(17,18)19/h1-8H,9H2. The third-order valence-electron chi connectivity index (χ3n) is 3.61. The lowest BCUT2D eigenvalue weighted by molar-refractivity contribution is 0.593. The van der Waals surface area contributed by atoms with Crippen molar-refractivity contribution >= 4 is 49.4 Å². The maximum Gasteiger partial charge on any atom is 0.265 e. The molecular formula is C15H10ClNO2S2. The van der Waals surface area contributed by atoms with Gasteiger partial charge in [-0.15, -0.1) is 11.3 Å². The number of anilines is 1. The highest BCUT2D eigenvalue weighted by Crippen LogP contribution is 2.43. The van der Waals surface area contributed by atoms with E-state index in [1.807, 2.05) is 30.3 Å². The second-order valence-corrected chi connectivity index (χ2v) is 8.48. The second-order valence-electron chi connectivity index (χ2n) is 4.85. The summed E-state index contributed by atoms with van der Waals surface area (Å²) in [5.41, 5.74) is 0.743. The molecule has 0 radical (unpaired) electrons. The first-order valence-corrected chi connectivity index (χ1v) is 8.99. The normalized spacial score (nSPS) is 15.8. The summed E-state index contributed by atoms with van der Waals surface area (Å²) in [5.74, 6) is 0. The van der Waals surface area contributed by atoms with E-state index < -0.39 is 10.0 Å². The van der Waals surface area contributed by atoms with Crippen LogP contribution in [0.15, 0.2) is 53.4 Å². The average molecular weight is 336 g/mol. The zero-order valence-electron chi connectivity index (χ0n) is 10.8. The molecule has 0 bridgehead atoms. The van der Waals surface area contributed by atoms with Gasteiger partial charge in [0, 0.05) is 10.3 Å². The number of hydrogen-bond donors (Lipinski definition) is 0. The van der Waals surface area contributed by atoms with Gasteiger partial charge in [-0.3, -0.25) is 4.31 Å². The van der Waals surface area contributed by atoms with E-state index in [0.29, 0.717) is 15.8 Å². The first-order valence-electron chi connectivity index (χ1n) is 6.36. The quantitative estimate of drug-likeness (QED) is 0.701. The number of benzene rings is 2. The number of halogens is 1. The molecule has 0 N–H and O–H groups in total. The van der Waals surface area contributed by atoms with Crippen LogP contribution in [0, 0.1) is 0 Å². The number of nitrogens with zero attached hydrogens (tertiary/aromatic N) is 1. The minimum absolute atomic E-state index is 0.313. The third-order valence-corrected chi connectivity index (χ3v) is 6.63. The highest BCUT2D eigenvalue weighted by molar-refractivity contribution is 7.93. The van der Waals surface area contributed by atoms with E-state index >= 15 is 0 Å². The molecule has 21 heavy (non-hydrogen) atoms. The Morgan fingerprint density at radius 2 is 1.81 bits per heavy atom. The molecule has 0 unspecified atom stereocenters. The van der Waals surface area contributed by atoms with Gasteiger partial charge in [-0.05, 0) is 29.7 Å². The molecular weight excluding hydrogens is 326 g/mol. The van der Waals surface area contributed by atoms with Gasteiger partial charge >= 0.3 is 0 Å². The molecule has 2 heterocycles. The summed E-state index contributed by atoms with van der Waals surface area (Å²) in [6, 6.07) is 14.7. The van der Waals surface area contributed by atoms with Crippen LogP contribution in [0.4, 0.5) is 5.69 Å². The summed E-state index contributed by atoms with van der Waals surface area (Å²) in [6.07, 6.45) is 0. The van der Waals surface area contributed by atoms with Crippen LogP contribution in [-0.4, -0.2) is 8.42 Å². The molecule has 4 rings (SSSR count). The molecule has 1 aliphatic rings. The van der Waals surface area contributed by atoms with Crippen molar-refractivity contribution in [2.24, 2.45) is 0 Å². The molecule has 1 aliphatic heterocycles. The van der Waals surface area contributed by atoms with E-state index in [1.165, 1.54) is 15.6 Å². The fourth-order valence-corrected chi connectivity index (χ4v) is 5.55. The van der Waals surface area contributed by atoms with Crippen LogP contribution in [-0.2, 0) is 16.6 Å². The fourth-order valence-electron chi connectivity index (χ4n) is 2.71. The van der Waals surface area contributed by atoms with E-state index in [0.717, 1.165) is 21.3 Å². The average Bonchev–Trinajstić information content (AvgIpc) is 2.96. The molecule has 0 atom stereocenters. The number of hydrogen-bond acceptors (Lipinski definition) is 3. The Balaban J connectivity index is 1.92. The van der Waals surface area contributed by atoms with Gasteiger partial charge < -0.3 is 0 Å². The van der Waals surface area contributed by atoms with Crippen LogP contribution >= 0.6 is 22.9 Å². The molecule has 0 spiro atoms. The van der Waals surface area contributed by atoms with Crippen LogP contribution in [0.1, 0.15) is 4.88 Å². The maximum absolute atomic E-state index is 12.8. The summed E-state index contributed by atoms with van der Waals surface area (Å²) in [5, 5.41) is 1.75. The summed E-state index contributed by atoms with van der Waals surface area (Å²) >= 11 is 7.34.